The lowest BCUT2D eigenvalue weighted by atomic mass is 9.99. The number of aliphatic hydroxyl groups excluding tert-OH is 1. The lowest BCUT2D eigenvalue weighted by Crippen LogP contribution is -2.04. The zero-order valence-corrected chi connectivity index (χ0v) is 15.0. The zero-order chi connectivity index (χ0) is 17.3. The molecule has 0 aliphatic carbocycles. The number of imidazole rings is 1. The normalized spacial score (nSPS) is 12.9. The van der Waals surface area contributed by atoms with Crippen molar-refractivity contribution in [1.82, 2.24) is 9.38 Å². The van der Waals surface area contributed by atoms with Gasteiger partial charge in [0, 0.05) is 12.6 Å². The van der Waals surface area contributed by atoms with Gasteiger partial charge in [-0.25, -0.2) is 4.98 Å². The van der Waals surface area contributed by atoms with E-state index in [1.54, 1.807) is 0 Å². The first-order valence-corrected chi connectivity index (χ1v) is 8.74. The van der Waals surface area contributed by atoms with Crippen LogP contribution in [0.1, 0.15) is 67.3 Å². The molecule has 0 radical (unpaired) electrons. The number of hydrogen-bond acceptors (Lipinski definition) is 2. The van der Waals surface area contributed by atoms with E-state index in [0.29, 0.717) is 12.3 Å². The zero-order valence-electron chi connectivity index (χ0n) is 15.0. The van der Waals surface area contributed by atoms with Gasteiger partial charge in [-0.05, 0) is 48.1 Å². The van der Waals surface area contributed by atoms with Crippen LogP contribution in [0.5, 0.6) is 0 Å². The van der Waals surface area contributed by atoms with E-state index in [1.165, 1.54) is 16.7 Å². The third kappa shape index (κ3) is 3.22. The number of benzene rings is 1. The molecule has 0 bridgehead atoms. The predicted molar refractivity (Wildman–Crippen MR) is 98.5 cm³/mol. The second kappa shape index (κ2) is 6.78. The van der Waals surface area contributed by atoms with Crippen molar-refractivity contribution in [1.29, 1.82) is 0 Å². The fraction of sp³-hybridized carbons (Fsp3) is 0.381. The van der Waals surface area contributed by atoms with E-state index in [-0.39, 0.29) is 0 Å². The van der Waals surface area contributed by atoms with Gasteiger partial charge in [-0.1, -0.05) is 45.0 Å². The minimum atomic E-state index is -0.493. The molecular weight excluding hydrogens is 296 g/mol. The van der Waals surface area contributed by atoms with Gasteiger partial charge in [0.25, 0.3) is 0 Å². The molecule has 3 nitrogen and oxygen atoms in total. The summed E-state index contributed by atoms with van der Waals surface area (Å²) in [5, 5.41) is 10.5. The average Bonchev–Trinajstić information content (AvgIpc) is 2.91. The third-order valence-corrected chi connectivity index (χ3v) is 4.62. The van der Waals surface area contributed by atoms with E-state index in [0.717, 1.165) is 23.5 Å². The highest BCUT2D eigenvalue weighted by Crippen LogP contribution is 2.25. The lowest BCUT2D eigenvalue weighted by molar-refractivity contribution is 0.167. The van der Waals surface area contributed by atoms with Crippen molar-refractivity contribution in [3.63, 3.8) is 0 Å². The van der Waals surface area contributed by atoms with Gasteiger partial charge in [-0.2, -0.15) is 0 Å². The lowest BCUT2D eigenvalue weighted by Gasteiger charge is -2.11. The molecule has 2 aromatic heterocycles. The van der Waals surface area contributed by atoms with Crippen LogP contribution < -0.4 is 0 Å². The molecule has 1 N–H and O–H groups in total. The maximum absolute atomic E-state index is 10.5. The van der Waals surface area contributed by atoms with Gasteiger partial charge in [-0.15, -0.1) is 0 Å². The number of nitrogens with zero attached hydrogens (tertiary/aromatic N) is 2. The van der Waals surface area contributed by atoms with Gasteiger partial charge >= 0.3 is 0 Å². The Balaban J connectivity index is 2.01. The molecule has 126 valence electrons. The number of hydrogen-bond donors (Lipinski definition) is 1. The van der Waals surface area contributed by atoms with Crippen LogP contribution in [-0.4, -0.2) is 14.5 Å². The predicted octanol–water partition coefficient (Wildman–Crippen LogP) is 4.80. The van der Waals surface area contributed by atoms with E-state index >= 15 is 0 Å². The number of aromatic nitrogens is 2. The molecule has 2 heterocycles. The SMILES string of the molecule is CCC(O)c1c(Cc2ccc(C(C)C)cc2)nc2cc(C)ccn12. The van der Waals surface area contributed by atoms with Gasteiger partial charge in [0.15, 0.2) is 0 Å². The maximum Gasteiger partial charge on any atom is 0.137 e. The Hall–Kier alpha value is -2.13. The van der Waals surface area contributed by atoms with E-state index in [2.05, 4.69) is 57.2 Å². The van der Waals surface area contributed by atoms with Gasteiger partial charge in [-0.3, -0.25) is 0 Å². The van der Waals surface area contributed by atoms with Crippen molar-refractivity contribution in [3.8, 4) is 0 Å². The van der Waals surface area contributed by atoms with Crippen LogP contribution in [0.4, 0.5) is 0 Å². The Morgan fingerprint density at radius 1 is 1.12 bits per heavy atom. The van der Waals surface area contributed by atoms with E-state index in [9.17, 15) is 5.11 Å². The molecule has 0 saturated heterocycles. The van der Waals surface area contributed by atoms with Crippen LogP contribution in [0.15, 0.2) is 42.6 Å². The van der Waals surface area contributed by atoms with E-state index in [4.69, 9.17) is 4.98 Å². The Labute approximate surface area is 144 Å². The van der Waals surface area contributed by atoms with Gasteiger partial charge in [0.05, 0.1) is 17.5 Å². The first-order chi connectivity index (χ1) is 11.5. The van der Waals surface area contributed by atoms with Crippen LogP contribution in [0.25, 0.3) is 5.65 Å². The summed E-state index contributed by atoms with van der Waals surface area (Å²) in [4.78, 5) is 4.80. The topological polar surface area (TPSA) is 37.5 Å². The van der Waals surface area contributed by atoms with Crippen LogP contribution in [0.3, 0.4) is 0 Å². The molecule has 3 heteroatoms. The minimum Gasteiger partial charge on any atom is -0.387 e. The average molecular weight is 322 g/mol. The summed E-state index contributed by atoms with van der Waals surface area (Å²) in [5.41, 5.74) is 6.54. The Bertz CT molecular complexity index is 831. The fourth-order valence-corrected chi connectivity index (χ4v) is 3.10. The number of rotatable bonds is 5. The Morgan fingerprint density at radius 3 is 2.46 bits per heavy atom. The van der Waals surface area contributed by atoms with Gasteiger partial charge in [0.1, 0.15) is 5.65 Å². The second-order valence-corrected chi connectivity index (χ2v) is 6.87. The number of aryl methyl sites for hydroxylation is 1. The van der Waals surface area contributed by atoms with Gasteiger partial charge < -0.3 is 9.51 Å². The molecule has 1 unspecified atom stereocenters. The molecule has 3 rings (SSSR count). The molecule has 0 fully saturated rings. The summed E-state index contributed by atoms with van der Waals surface area (Å²) in [6.07, 6.45) is 2.94. The highest BCUT2D eigenvalue weighted by molar-refractivity contribution is 5.47. The summed E-state index contributed by atoms with van der Waals surface area (Å²) in [6.45, 7) is 8.47. The minimum absolute atomic E-state index is 0.493. The van der Waals surface area contributed by atoms with E-state index < -0.39 is 6.10 Å². The Kier molecular flexibility index (Phi) is 4.72. The van der Waals surface area contributed by atoms with Crippen molar-refractivity contribution >= 4 is 5.65 Å². The van der Waals surface area contributed by atoms with E-state index in [1.807, 2.05) is 17.5 Å². The molecule has 1 atom stereocenters. The Morgan fingerprint density at radius 2 is 1.83 bits per heavy atom. The van der Waals surface area contributed by atoms with Crippen LogP contribution >= 0.6 is 0 Å². The molecule has 0 aliphatic heterocycles. The maximum atomic E-state index is 10.5. The van der Waals surface area contributed by atoms with Crippen molar-refractivity contribution in [2.24, 2.45) is 0 Å². The second-order valence-electron chi connectivity index (χ2n) is 6.87. The quantitative estimate of drug-likeness (QED) is 0.732. The summed E-state index contributed by atoms with van der Waals surface area (Å²) in [5.74, 6) is 0.537. The molecule has 0 amide bonds. The highest BCUT2D eigenvalue weighted by Gasteiger charge is 2.18. The molecular formula is C21H26N2O. The monoisotopic (exact) mass is 322 g/mol. The fourth-order valence-electron chi connectivity index (χ4n) is 3.10. The highest BCUT2D eigenvalue weighted by atomic mass is 16.3. The molecule has 0 saturated carbocycles. The summed E-state index contributed by atoms with van der Waals surface area (Å²) in [7, 11) is 0. The first-order valence-electron chi connectivity index (χ1n) is 8.74. The summed E-state index contributed by atoms with van der Waals surface area (Å²) in [6, 6.07) is 12.9. The number of pyridine rings is 1. The summed E-state index contributed by atoms with van der Waals surface area (Å²) >= 11 is 0. The summed E-state index contributed by atoms with van der Waals surface area (Å²) < 4.78 is 2.03. The molecule has 3 aromatic rings. The largest absolute Gasteiger partial charge is 0.387 e. The number of fused-ring (bicyclic) bond motifs is 1. The van der Waals surface area contributed by atoms with Crippen LogP contribution in [0, 0.1) is 6.92 Å². The standard InChI is InChI=1S/C21H26N2O/c1-5-19(24)21-18(22-20-12-15(4)10-11-23(20)21)13-16-6-8-17(9-7-16)14(2)3/h6-12,14,19,24H,5,13H2,1-4H3. The smallest absolute Gasteiger partial charge is 0.137 e. The third-order valence-electron chi connectivity index (χ3n) is 4.62. The van der Waals surface area contributed by atoms with Crippen molar-refractivity contribution in [3.05, 3.63) is 70.7 Å². The van der Waals surface area contributed by atoms with Crippen LogP contribution in [0.2, 0.25) is 0 Å². The van der Waals surface area contributed by atoms with Crippen molar-refractivity contribution in [2.75, 3.05) is 0 Å². The molecule has 1 aromatic carbocycles. The van der Waals surface area contributed by atoms with Crippen LogP contribution in [-0.2, 0) is 6.42 Å². The molecule has 24 heavy (non-hydrogen) atoms. The molecule has 0 spiro atoms. The number of aliphatic hydroxyl groups is 1. The van der Waals surface area contributed by atoms with Gasteiger partial charge in [0.2, 0.25) is 0 Å². The molecule has 0 aliphatic rings. The first kappa shape index (κ1) is 16.7. The van der Waals surface area contributed by atoms with Crippen molar-refractivity contribution < 1.29 is 5.11 Å². The van der Waals surface area contributed by atoms with Crippen molar-refractivity contribution in [2.45, 2.75) is 52.6 Å².